The van der Waals surface area contributed by atoms with Crippen molar-refractivity contribution in [3.05, 3.63) is 0 Å². The van der Waals surface area contributed by atoms with Crippen LogP contribution in [0.25, 0.3) is 0 Å². The second-order valence-corrected chi connectivity index (χ2v) is 8.99. The highest BCUT2D eigenvalue weighted by Crippen LogP contribution is 2.60. The molecule has 0 unspecified atom stereocenters. The van der Waals surface area contributed by atoms with Crippen molar-refractivity contribution in [1.82, 2.24) is 0 Å². The van der Waals surface area contributed by atoms with Crippen LogP contribution in [0.2, 0.25) is 0 Å². The van der Waals surface area contributed by atoms with Crippen LogP contribution in [0.3, 0.4) is 0 Å². The Bertz CT molecular complexity index is 323. The molecule has 2 atom stereocenters. The van der Waals surface area contributed by atoms with Gasteiger partial charge in [0.2, 0.25) is 0 Å². The van der Waals surface area contributed by atoms with E-state index in [0.29, 0.717) is 5.92 Å². The Kier molecular flexibility index (Phi) is 3.84. The van der Waals surface area contributed by atoms with E-state index in [4.69, 9.17) is 9.47 Å². The first-order chi connectivity index (χ1) is 9.00. The SMILES string of the molecule is CCC1(CC)C[C@H]2CC(C(C)(C)C)(C(C)(C)C)O[C@H]2O1. The zero-order valence-electron chi connectivity index (χ0n) is 14.8. The smallest absolute Gasteiger partial charge is 0.162 e. The fraction of sp³-hybridized carbons (Fsp3) is 1.00. The van der Waals surface area contributed by atoms with Gasteiger partial charge in [-0.25, -0.2) is 0 Å². The van der Waals surface area contributed by atoms with E-state index in [1.807, 2.05) is 0 Å². The molecule has 2 heterocycles. The minimum Gasteiger partial charge on any atom is -0.346 e. The number of hydrogen-bond acceptors (Lipinski definition) is 2. The zero-order chi connectivity index (χ0) is 15.4. The lowest BCUT2D eigenvalue weighted by Gasteiger charge is -2.51. The first-order valence-corrected chi connectivity index (χ1v) is 8.36. The Morgan fingerprint density at radius 2 is 1.35 bits per heavy atom. The summed E-state index contributed by atoms with van der Waals surface area (Å²) < 4.78 is 13.0. The van der Waals surface area contributed by atoms with Gasteiger partial charge in [-0.3, -0.25) is 0 Å². The van der Waals surface area contributed by atoms with E-state index in [1.165, 1.54) is 6.42 Å². The summed E-state index contributed by atoms with van der Waals surface area (Å²) in [7, 11) is 0. The molecule has 118 valence electrons. The summed E-state index contributed by atoms with van der Waals surface area (Å²) in [6.07, 6.45) is 4.49. The summed E-state index contributed by atoms with van der Waals surface area (Å²) in [6.45, 7) is 18.4. The van der Waals surface area contributed by atoms with Crippen LogP contribution < -0.4 is 0 Å². The van der Waals surface area contributed by atoms with Gasteiger partial charge in [-0.15, -0.1) is 0 Å². The Balaban J connectivity index is 2.26. The van der Waals surface area contributed by atoms with Crippen LogP contribution in [0.1, 0.15) is 81.1 Å². The molecule has 2 nitrogen and oxygen atoms in total. The minimum atomic E-state index is -0.0943. The lowest BCUT2D eigenvalue weighted by molar-refractivity contribution is -0.252. The molecule has 0 aromatic heterocycles. The highest BCUT2D eigenvalue weighted by molar-refractivity contribution is 5.09. The highest BCUT2D eigenvalue weighted by atomic mass is 16.7. The quantitative estimate of drug-likeness (QED) is 0.696. The number of hydrogen-bond donors (Lipinski definition) is 0. The van der Waals surface area contributed by atoms with E-state index < -0.39 is 0 Å². The van der Waals surface area contributed by atoms with Gasteiger partial charge < -0.3 is 9.47 Å². The molecular formula is C18H34O2. The van der Waals surface area contributed by atoms with E-state index in [-0.39, 0.29) is 28.3 Å². The molecule has 2 fully saturated rings. The average Bonchev–Trinajstić information content (AvgIpc) is 2.80. The predicted octanol–water partition coefficient (Wildman–Crippen LogP) is 5.16. The topological polar surface area (TPSA) is 18.5 Å². The zero-order valence-corrected chi connectivity index (χ0v) is 14.8. The molecular weight excluding hydrogens is 248 g/mol. The molecule has 2 aliphatic heterocycles. The maximum absolute atomic E-state index is 6.64. The van der Waals surface area contributed by atoms with Crippen molar-refractivity contribution in [1.29, 1.82) is 0 Å². The van der Waals surface area contributed by atoms with Crippen LogP contribution in [0.4, 0.5) is 0 Å². The van der Waals surface area contributed by atoms with Gasteiger partial charge in [0.15, 0.2) is 6.29 Å². The third-order valence-electron chi connectivity index (χ3n) is 5.96. The van der Waals surface area contributed by atoms with Gasteiger partial charge in [0.1, 0.15) is 0 Å². The molecule has 0 aromatic carbocycles. The second kappa shape index (κ2) is 4.71. The van der Waals surface area contributed by atoms with Crippen molar-refractivity contribution in [2.45, 2.75) is 98.6 Å². The summed E-state index contributed by atoms with van der Waals surface area (Å²) in [5, 5.41) is 0. The molecule has 0 aromatic rings. The average molecular weight is 282 g/mol. The van der Waals surface area contributed by atoms with E-state index in [2.05, 4.69) is 55.4 Å². The molecule has 20 heavy (non-hydrogen) atoms. The maximum Gasteiger partial charge on any atom is 0.162 e. The summed E-state index contributed by atoms with van der Waals surface area (Å²) >= 11 is 0. The molecule has 0 bridgehead atoms. The van der Waals surface area contributed by atoms with Gasteiger partial charge in [-0.1, -0.05) is 55.4 Å². The molecule has 0 radical (unpaired) electrons. The largest absolute Gasteiger partial charge is 0.346 e. The van der Waals surface area contributed by atoms with Gasteiger partial charge >= 0.3 is 0 Å². The van der Waals surface area contributed by atoms with E-state index in [1.54, 1.807) is 0 Å². The van der Waals surface area contributed by atoms with Crippen molar-refractivity contribution in [3.63, 3.8) is 0 Å². The fourth-order valence-corrected chi connectivity index (χ4v) is 4.67. The van der Waals surface area contributed by atoms with Gasteiger partial charge in [0.05, 0.1) is 11.2 Å². The normalized spacial score (nSPS) is 32.4. The third kappa shape index (κ3) is 2.23. The Labute approximate surface area is 125 Å². The number of rotatable bonds is 2. The van der Waals surface area contributed by atoms with Gasteiger partial charge in [-0.2, -0.15) is 0 Å². The van der Waals surface area contributed by atoms with Gasteiger partial charge in [0, 0.05) is 5.92 Å². The van der Waals surface area contributed by atoms with Gasteiger partial charge in [0.25, 0.3) is 0 Å². The van der Waals surface area contributed by atoms with E-state index in [0.717, 1.165) is 19.3 Å². The highest BCUT2D eigenvalue weighted by Gasteiger charge is 2.63. The summed E-state index contributed by atoms with van der Waals surface area (Å²) in [6, 6.07) is 0. The Morgan fingerprint density at radius 3 is 1.70 bits per heavy atom. The summed E-state index contributed by atoms with van der Waals surface area (Å²) in [4.78, 5) is 0. The fourth-order valence-electron chi connectivity index (χ4n) is 4.67. The van der Waals surface area contributed by atoms with E-state index in [9.17, 15) is 0 Å². The van der Waals surface area contributed by atoms with Crippen molar-refractivity contribution in [3.8, 4) is 0 Å². The monoisotopic (exact) mass is 282 g/mol. The van der Waals surface area contributed by atoms with Gasteiger partial charge in [-0.05, 0) is 36.5 Å². The van der Waals surface area contributed by atoms with Crippen molar-refractivity contribution in [2.75, 3.05) is 0 Å². The predicted molar refractivity (Wildman–Crippen MR) is 83.6 cm³/mol. The molecule has 0 amide bonds. The van der Waals surface area contributed by atoms with Crippen LogP contribution >= 0.6 is 0 Å². The number of ether oxygens (including phenoxy) is 2. The van der Waals surface area contributed by atoms with Crippen LogP contribution in [0, 0.1) is 16.7 Å². The molecule has 0 N–H and O–H groups in total. The standard InChI is InChI=1S/C18H34O2/c1-9-17(10-2)11-13-12-18(15(3,4)5,16(6,7)8)20-14(13)19-17/h13-14H,9-12H2,1-8H3/t13-,14+/m0/s1. The van der Waals surface area contributed by atoms with Crippen LogP contribution in [0.15, 0.2) is 0 Å². The van der Waals surface area contributed by atoms with Crippen molar-refractivity contribution < 1.29 is 9.47 Å². The molecule has 0 aliphatic carbocycles. The Hall–Kier alpha value is -0.0800. The number of fused-ring (bicyclic) bond motifs is 1. The van der Waals surface area contributed by atoms with Crippen LogP contribution in [-0.2, 0) is 9.47 Å². The van der Waals surface area contributed by atoms with E-state index >= 15 is 0 Å². The first-order valence-electron chi connectivity index (χ1n) is 8.36. The van der Waals surface area contributed by atoms with Crippen LogP contribution in [0.5, 0.6) is 0 Å². The second-order valence-electron chi connectivity index (χ2n) is 8.99. The third-order valence-corrected chi connectivity index (χ3v) is 5.96. The maximum atomic E-state index is 6.64. The van der Waals surface area contributed by atoms with Crippen LogP contribution in [-0.4, -0.2) is 17.5 Å². The molecule has 2 aliphatic rings. The molecule has 2 rings (SSSR count). The molecule has 0 spiro atoms. The molecule has 2 heteroatoms. The Morgan fingerprint density at radius 1 is 0.850 bits per heavy atom. The molecule has 0 saturated carbocycles. The summed E-state index contributed by atoms with van der Waals surface area (Å²) in [5.74, 6) is 0.563. The molecule has 2 saturated heterocycles. The summed E-state index contributed by atoms with van der Waals surface area (Å²) in [5.41, 5.74) is 0.223. The lowest BCUT2D eigenvalue weighted by atomic mass is 9.60. The van der Waals surface area contributed by atoms with Crippen molar-refractivity contribution >= 4 is 0 Å². The van der Waals surface area contributed by atoms with Crippen molar-refractivity contribution in [2.24, 2.45) is 16.7 Å². The lowest BCUT2D eigenvalue weighted by Crippen LogP contribution is -2.54. The minimum absolute atomic E-state index is 0.00773. The first kappa shape index (κ1) is 16.3.